The molecule has 1 aliphatic rings. The number of nitrogen functional groups attached to an aromatic ring is 1. The van der Waals surface area contributed by atoms with E-state index in [0.717, 1.165) is 5.56 Å². The lowest BCUT2D eigenvalue weighted by Crippen LogP contribution is -2.33. The second-order valence-electron chi connectivity index (χ2n) is 4.63. The number of aliphatic carboxylic acids is 1. The number of carboxylic acids is 1. The fraction of sp³-hybridized carbons (Fsp3) is 0.385. The normalized spacial score (nSPS) is 15.6. The first-order valence-electron chi connectivity index (χ1n) is 5.90. The van der Waals surface area contributed by atoms with Crippen LogP contribution >= 0.6 is 0 Å². The minimum atomic E-state index is -0.838. The van der Waals surface area contributed by atoms with Crippen molar-refractivity contribution in [1.29, 1.82) is 0 Å². The molecule has 0 saturated carbocycles. The maximum atomic E-state index is 12.2. The fourth-order valence-corrected chi connectivity index (χ4v) is 2.19. The number of fused-ring (bicyclic) bond motifs is 1. The quantitative estimate of drug-likeness (QED) is 0.790. The number of rotatable bonds is 4. The summed E-state index contributed by atoms with van der Waals surface area (Å²) in [6.07, 6.45) is 0.536. The fourth-order valence-electron chi connectivity index (χ4n) is 2.19. The molecule has 0 fully saturated rings. The lowest BCUT2D eigenvalue weighted by Gasteiger charge is -2.23. The number of carboxylic acid groups (broad SMARTS) is 1. The van der Waals surface area contributed by atoms with Gasteiger partial charge in [-0.1, -0.05) is 6.07 Å². The van der Waals surface area contributed by atoms with Crippen LogP contribution < -0.4 is 5.73 Å². The predicted octanol–water partition coefficient (Wildman–Crippen LogP) is 1.48. The third-order valence-electron chi connectivity index (χ3n) is 3.27. The van der Waals surface area contributed by atoms with Crippen molar-refractivity contribution >= 4 is 17.6 Å². The van der Waals surface area contributed by atoms with Gasteiger partial charge in [-0.3, -0.25) is 9.59 Å². The number of benzene rings is 1. The van der Waals surface area contributed by atoms with Gasteiger partial charge in [0.05, 0.1) is 0 Å². The molecule has 0 aliphatic carbocycles. The summed E-state index contributed by atoms with van der Waals surface area (Å²) < 4.78 is 0. The van der Waals surface area contributed by atoms with Crippen LogP contribution in [0.1, 0.15) is 35.7 Å². The zero-order chi connectivity index (χ0) is 13.3. The third-order valence-corrected chi connectivity index (χ3v) is 3.27. The smallest absolute Gasteiger partial charge is 0.303 e. The summed E-state index contributed by atoms with van der Waals surface area (Å²) in [4.78, 5) is 24.4. The van der Waals surface area contributed by atoms with Crippen LogP contribution in [0.4, 0.5) is 5.69 Å². The Hall–Kier alpha value is -2.04. The van der Waals surface area contributed by atoms with Gasteiger partial charge in [0.25, 0.3) is 5.91 Å². The van der Waals surface area contributed by atoms with Gasteiger partial charge in [0.1, 0.15) is 0 Å². The van der Waals surface area contributed by atoms with Gasteiger partial charge in [0.15, 0.2) is 0 Å². The molecule has 1 atom stereocenters. The van der Waals surface area contributed by atoms with Crippen molar-refractivity contribution in [2.75, 3.05) is 5.73 Å². The molecule has 0 radical (unpaired) electrons. The molecular formula is C13H16N2O3. The van der Waals surface area contributed by atoms with Crippen LogP contribution in [0.25, 0.3) is 0 Å². The van der Waals surface area contributed by atoms with Crippen molar-refractivity contribution in [1.82, 2.24) is 4.90 Å². The summed E-state index contributed by atoms with van der Waals surface area (Å²) in [5, 5.41) is 8.66. The van der Waals surface area contributed by atoms with Gasteiger partial charge in [-0.15, -0.1) is 0 Å². The van der Waals surface area contributed by atoms with E-state index in [2.05, 4.69) is 0 Å². The van der Waals surface area contributed by atoms with E-state index in [0.29, 0.717) is 24.2 Å². The molecule has 5 nitrogen and oxygen atoms in total. The SMILES string of the molecule is CC(CCC(=O)O)N1Cc2ccc(N)cc2C1=O. The van der Waals surface area contributed by atoms with Gasteiger partial charge < -0.3 is 15.7 Å². The maximum Gasteiger partial charge on any atom is 0.303 e. The first-order chi connectivity index (χ1) is 8.49. The monoisotopic (exact) mass is 248 g/mol. The molecule has 1 unspecified atom stereocenters. The molecule has 0 spiro atoms. The van der Waals surface area contributed by atoms with Gasteiger partial charge >= 0.3 is 5.97 Å². The lowest BCUT2D eigenvalue weighted by atomic mass is 10.1. The van der Waals surface area contributed by atoms with Crippen LogP contribution in [0.3, 0.4) is 0 Å². The van der Waals surface area contributed by atoms with Crippen molar-refractivity contribution in [3.05, 3.63) is 29.3 Å². The van der Waals surface area contributed by atoms with Gasteiger partial charge in [-0.2, -0.15) is 0 Å². The lowest BCUT2D eigenvalue weighted by molar-refractivity contribution is -0.137. The highest BCUT2D eigenvalue weighted by atomic mass is 16.4. The molecule has 1 aromatic rings. The number of hydrogen-bond donors (Lipinski definition) is 2. The highest BCUT2D eigenvalue weighted by Gasteiger charge is 2.30. The average Bonchev–Trinajstić information content (AvgIpc) is 2.64. The first kappa shape index (κ1) is 12.4. The number of carbonyl (C=O) groups is 2. The maximum absolute atomic E-state index is 12.2. The van der Waals surface area contributed by atoms with Crippen LogP contribution in [0, 0.1) is 0 Å². The van der Waals surface area contributed by atoms with Crippen molar-refractivity contribution in [3.63, 3.8) is 0 Å². The number of amides is 1. The third kappa shape index (κ3) is 2.30. The predicted molar refractivity (Wildman–Crippen MR) is 67.1 cm³/mol. The molecule has 2 rings (SSSR count). The Balaban J connectivity index is 2.11. The molecule has 96 valence electrons. The molecule has 18 heavy (non-hydrogen) atoms. The summed E-state index contributed by atoms with van der Waals surface area (Å²) in [6.45, 7) is 2.41. The Bertz CT molecular complexity index is 499. The Labute approximate surface area is 105 Å². The van der Waals surface area contributed by atoms with Gasteiger partial charge in [0.2, 0.25) is 0 Å². The zero-order valence-electron chi connectivity index (χ0n) is 10.2. The zero-order valence-corrected chi connectivity index (χ0v) is 10.2. The topological polar surface area (TPSA) is 83.6 Å². The Kier molecular flexibility index (Phi) is 3.23. The minimum absolute atomic E-state index is 0.0600. The number of nitrogens with zero attached hydrogens (tertiary/aromatic N) is 1. The van der Waals surface area contributed by atoms with Crippen molar-refractivity contribution in [2.45, 2.75) is 32.4 Å². The molecule has 5 heteroatoms. The summed E-state index contributed by atoms with van der Waals surface area (Å²) in [6, 6.07) is 5.23. The molecule has 1 amide bonds. The molecule has 1 aliphatic heterocycles. The van der Waals surface area contributed by atoms with E-state index in [4.69, 9.17) is 10.8 Å². The van der Waals surface area contributed by atoms with E-state index in [1.165, 1.54) is 0 Å². The summed E-state index contributed by atoms with van der Waals surface area (Å²) in [5.74, 6) is -0.898. The second kappa shape index (κ2) is 4.68. The van der Waals surface area contributed by atoms with Crippen LogP contribution in [0.15, 0.2) is 18.2 Å². The van der Waals surface area contributed by atoms with Gasteiger partial charge in [0, 0.05) is 30.3 Å². The van der Waals surface area contributed by atoms with E-state index in [1.54, 1.807) is 17.0 Å². The molecule has 0 bridgehead atoms. The highest BCUT2D eigenvalue weighted by molar-refractivity contribution is 5.99. The summed E-state index contributed by atoms with van der Waals surface area (Å²) in [7, 11) is 0. The molecule has 0 saturated heterocycles. The van der Waals surface area contributed by atoms with Crippen LogP contribution in [-0.2, 0) is 11.3 Å². The van der Waals surface area contributed by atoms with Gasteiger partial charge in [-0.05, 0) is 31.0 Å². The standard InChI is InChI=1S/C13H16N2O3/c1-8(2-5-12(16)17)15-7-9-3-4-10(14)6-11(9)13(15)18/h3-4,6,8H,2,5,7,14H2,1H3,(H,16,17). The number of nitrogens with two attached hydrogens (primary N) is 1. The number of carbonyl (C=O) groups excluding carboxylic acids is 1. The number of hydrogen-bond acceptors (Lipinski definition) is 3. The van der Waals surface area contributed by atoms with Crippen molar-refractivity contribution in [3.8, 4) is 0 Å². The second-order valence-corrected chi connectivity index (χ2v) is 4.63. The summed E-state index contributed by atoms with van der Waals surface area (Å²) >= 11 is 0. The van der Waals surface area contributed by atoms with E-state index in [-0.39, 0.29) is 18.4 Å². The summed E-state index contributed by atoms with van der Waals surface area (Å²) in [5.41, 5.74) is 7.83. The minimum Gasteiger partial charge on any atom is -0.481 e. The largest absolute Gasteiger partial charge is 0.481 e. The Morgan fingerprint density at radius 1 is 1.56 bits per heavy atom. The molecule has 1 heterocycles. The molecule has 0 aromatic heterocycles. The average molecular weight is 248 g/mol. The van der Waals surface area contributed by atoms with Crippen LogP contribution in [0.5, 0.6) is 0 Å². The van der Waals surface area contributed by atoms with E-state index < -0.39 is 5.97 Å². The Morgan fingerprint density at radius 2 is 2.28 bits per heavy atom. The molecule has 1 aromatic carbocycles. The number of anilines is 1. The highest BCUT2D eigenvalue weighted by Crippen LogP contribution is 2.27. The Morgan fingerprint density at radius 3 is 2.94 bits per heavy atom. The van der Waals surface area contributed by atoms with Crippen molar-refractivity contribution < 1.29 is 14.7 Å². The molecular weight excluding hydrogens is 232 g/mol. The van der Waals surface area contributed by atoms with Crippen molar-refractivity contribution in [2.24, 2.45) is 0 Å². The first-order valence-corrected chi connectivity index (χ1v) is 5.90. The van der Waals surface area contributed by atoms with E-state index >= 15 is 0 Å². The molecule has 3 N–H and O–H groups in total. The van der Waals surface area contributed by atoms with Gasteiger partial charge in [-0.25, -0.2) is 0 Å². The van der Waals surface area contributed by atoms with E-state index in [1.807, 2.05) is 13.0 Å². The van der Waals surface area contributed by atoms with Crippen LogP contribution in [-0.4, -0.2) is 27.9 Å². The van der Waals surface area contributed by atoms with E-state index in [9.17, 15) is 9.59 Å². The van der Waals surface area contributed by atoms with Crippen LogP contribution in [0.2, 0.25) is 0 Å².